The average Bonchev–Trinajstić information content (AvgIpc) is 3.37. The largest absolute Gasteiger partial charge is 0.407 e. The number of aliphatic hydroxyl groups is 1. The van der Waals surface area contributed by atoms with Crippen LogP contribution in [0.1, 0.15) is 53.4 Å². The zero-order valence-corrected chi connectivity index (χ0v) is 23.0. The monoisotopic (exact) mass is 508 g/mol. The molecule has 0 aromatic heterocycles. The molecule has 5 nitrogen and oxygen atoms in total. The fraction of sp³-hybridized carbons (Fsp3) is 0.533. The van der Waals surface area contributed by atoms with E-state index in [1.54, 1.807) is 6.08 Å². The topological polar surface area (TPSA) is 57.2 Å². The molecule has 36 heavy (non-hydrogen) atoms. The van der Waals surface area contributed by atoms with E-state index in [1.807, 2.05) is 6.08 Å². The number of aliphatic hydroxyl groups excluding tert-OH is 1. The molecular weight excluding hydrogens is 468 g/mol. The molecule has 0 aliphatic carbocycles. The molecular formula is C30H40O5Si. The molecule has 6 heteroatoms. The van der Waals surface area contributed by atoms with Crippen LogP contribution in [0.15, 0.2) is 72.8 Å². The van der Waals surface area contributed by atoms with Gasteiger partial charge in [-0.25, -0.2) is 0 Å². The Balaban J connectivity index is 1.33. The van der Waals surface area contributed by atoms with Gasteiger partial charge in [0.15, 0.2) is 5.79 Å². The number of benzene rings is 2. The minimum absolute atomic E-state index is 0.0367. The van der Waals surface area contributed by atoms with Crippen LogP contribution in [0.3, 0.4) is 0 Å². The molecule has 2 fully saturated rings. The SMILES string of the molecule is C[C@@H]1CC2(CCC3(OCC=C[C@@H]3O)O2)O[C@@H]1CCO[Si](c1ccccc1)(c1ccccc1)C(C)(C)C. The minimum Gasteiger partial charge on any atom is -0.407 e. The van der Waals surface area contributed by atoms with Gasteiger partial charge in [-0.05, 0) is 27.8 Å². The molecule has 1 N–H and O–H groups in total. The van der Waals surface area contributed by atoms with Gasteiger partial charge in [-0.15, -0.1) is 0 Å². The lowest BCUT2D eigenvalue weighted by Gasteiger charge is -2.43. The average molecular weight is 509 g/mol. The summed E-state index contributed by atoms with van der Waals surface area (Å²) in [6, 6.07) is 21.5. The molecule has 3 aliphatic heterocycles. The lowest BCUT2D eigenvalue weighted by atomic mass is 9.96. The lowest BCUT2D eigenvalue weighted by Crippen LogP contribution is -2.66. The molecule has 5 atom stereocenters. The summed E-state index contributed by atoms with van der Waals surface area (Å²) in [4.78, 5) is 0. The molecule has 2 aromatic rings. The van der Waals surface area contributed by atoms with Crippen molar-refractivity contribution in [1.29, 1.82) is 0 Å². The Morgan fingerprint density at radius 3 is 2.22 bits per heavy atom. The van der Waals surface area contributed by atoms with Crippen molar-refractivity contribution in [2.75, 3.05) is 13.2 Å². The van der Waals surface area contributed by atoms with E-state index in [0.717, 1.165) is 19.3 Å². The summed E-state index contributed by atoms with van der Waals surface area (Å²) in [6.07, 6.45) is 5.86. The molecule has 5 rings (SSSR count). The maximum absolute atomic E-state index is 10.6. The number of hydrogen-bond donors (Lipinski definition) is 1. The normalized spacial score (nSPS) is 32.5. The van der Waals surface area contributed by atoms with Crippen molar-refractivity contribution in [2.45, 2.75) is 82.2 Å². The van der Waals surface area contributed by atoms with Gasteiger partial charge in [0.2, 0.25) is 5.79 Å². The molecule has 2 unspecified atom stereocenters. The van der Waals surface area contributed by atoms with Gasteiger partial charge in [-0.2, -0.15) is 0 Å². The highest BCUT2D eigenvalue weighted by atomic mass is 28.4. The highest BCUT2D eigenvalue weighted by Crippen LogP contribution is 2.51. The van der Waals surface area contributed by atoms with Crippen LogP contribution in [0.5, 0.6) is 0 Å². The third kappa shape index (κ3) is 4.53. The fourth-order valence-electron chi connectivity index (χ4n) is 6.42. The van der Waals surface area contributed by atoms with Crippen LogP contribution >= 0.6 is 0 Å². The van der Waals surface area contributed by atoms with Crippen LogP contribution in [0, 0.1) is 5.92 Å². The molecule has 2 saturated heterocycles. The first-order chi connectivity index (χ1) is 17.2. The van der Waals surface area contributed by atoms with E-state index in [9.17, 15) is 5.11 Å². The molecule has 2 aromatic carbocycles. The maximum Gasteiger partial charge on any atom is 0.261 e. The maximum atomic E-state index is 10.6. The van der Waals surface area contributed by atoms with E-state index < -0.39 is 26.0 Å². The summed E-state index contributed by atoms with van der Waals surface area (Å²) in [5.74, 6) is -1.33. The highest BCUT2D eigenvalue weighted by Gasteiger charge is 2.59. The fourth-order valence-corrected chi connectivity index (χ4v) is 11.0. The first-order valence-corrected chi connectivity index (χ1v) is 15.2. The Morgan fingerprint density at radius 2 is 1.64 bits per heavy atom. The lowest BCUT2D eigenvalue weighted by molar-refractivity contribution is -0.334. The molecule has 0 saturated carbocycles. The van der Waals surface area contributed by atoms with Crippen LogP contribution in [0.2, 0.25) is 5.04 Å². The summed E-state index contributed by atoms with van der Waals surface area (Å²) in [5.41, 5.74) is 0. The Hall–Kier alpha value is -1.80. The molecule has 3 heterocycles. The quantitative estimate of drug-likeness (QED) is 0.459. The predicted molar refractivity (Wildman–Crippen MR) is 144 cm³/mol. The van der Waals surface area contributed by atoms with Gasteiger partial charge in [0.05, 0.1) is 12.7 Å². The molecule has 0 radical (unpaired) electrons. The standard InChI is InChI=1S/C30H40O5Si/c1-23-22-29(18-19-30(35-29)27(31)16-11-20-32-30)34-26(23)17-21-33-36(28(2,3)4,24-12-7-5-8-13-24)25-14-9-6-10-15-25/h5-16,23,26-27,31H,17-22H2,1-4H3/t23-,26-,27+,29?,30?/m1/s1. The predicted octanol–water partition coefficient (Wildman–Crippen LogP) is 4.53. The summed E-state index contributed by atoms with van der Waals surface area (Å²) in [6.45, 7) is 10.2. The van der Waals surface area contributed by atoms with Crippen molar-refractivity contribution in [1.82, 2.24) is 0 Å². The minimum atomic E-state index is -2.57. The third-order valence-electron chi connectivity index (χ3n) is 8.18. The van der Waals surface area contributed by atoms with Crippen molar-refractivity contribution in [2.24, 2.45) is 5.92 Å². The second-order valence-electron chi connectivity index (χ2n) is 11.6. The van der Waals surface area contributed by atoms with Gasteiger partial charge >= 0.3 is 0 Å². The molecule has 3 aliphatic rings. The van der Waals surface area contributed by atoms with Crippen molar-refractivity contribution >= 4 is 18.7 Å². The van der Waals surface area contributed by atoms with Crippen LogP contribution in [0.25, 0.3) is 0 Å². The van der Waals surface area contributed by atoms with Gasteiger partial charge in [0, 0.05) is 25.9 Å². The molecule has 0 amide bonds. The van der Waals surface area contributed by atoms with Gasteiger partial charge in [-0.1, -0.05) is 101 Å². The number of rotatable bonds is 6. The summed E-state index contributed by atoms with van der Waals surface area (Å²) >= 11 is 0. The van der Waals surface area contributed by atoms with Crippen LogP contribution in [0.4, 0.5) is 0 Å². The van der Waals surface area contributed by atoms with Crippen LogP contribution in [-0.4, -0.2) is 50.4 Å². The Labute approximate surface area is 216 Å². The van der Waals surface area contributed by atoms with Gasteiger partial charge in [0.1, 0.15) is 6.10 Å². The van der Waals surface area contributed by atoms with E-state index in [-0.39, 0.29) is 11.1 Å². The first-order valence-electron chi connectivity index (χ1n) is 13.3. The number of ether oxygens (including phenoxy) is 3. The second-order valence-corrected chi connectivity index (χ2v) is 16.0. The summed E-state index contributed by atoms with van der Waals surface area (Å²) in [5, 5.41) is 13.1. The smallest absolute Gasteiger partial charge is 0.261 e. The molecule has 2 spiro atoms. The third-order valence-corrected chi connectivity index (χ3v) is 13.2. The Kier molecular flexibility index (Phi) is 7.05. The first kappa shape index (κ1) is 25.8. The molecule has 194 valence electrons. The van der Waals surface area contributed by atoms with Crippen LogP contribution < -0.4 is 10.4 Å². The zero-order chi connectivity index (χ0) is 25.4. The number of hydrogen-bond acceptors (Lipinski definition) is 5. The summed E-state index contributed by atoms with van der Waals surface area (Å²) < 4.78 is 26.0. The van der Waals surface area contributed by atoms with E-state index in [4.69, 9.17) is 18.6 Å². The molecule has 0 bridgehead atoms. The van der Waals surface area contributed by atoms with Crippen molar-refractivity contribution < 1.29 is 23.7 Å². The van der Waals surface area contributed by atoms with Crippen molar-refractivity contribution in [3.05, 3.63) is 72.8 Å². The Morgan fingerprint density at radius 1 is 1.00 bits per heavy atom. The van der Waals surface area contributed by atoms with Crippen molar-refractivity contribution in [3.63, 3.8) is 0 Å². The van der Waals surface area contributed by atoms with Crippen LogP contribution in [-0.2, 0) is 18.6 Å². The highest BCUT2D eigenvalue weighted by molar-refractivity contribution is 6.99. The summed E-state index contributed by atoms with van der Waals surface area (Å²) in [7, 11) is -2.57. The van der Waals surface area contributed by atoms with E-state index in [1.165, 1.54) is 10.4 Å². The van der Waals surface area contributed by atoms with E-state index in [0.29, 0.717) is 25.6 Å². The van der Waals surface area contributed by atoms with Gasteiger partial charge in [-0.3, -0.25) is 0 Å². The van der Waals surface area contributed by atoms with Gasteiger partial charge < -0.3 is 23.7 Å². The Bertz CT molecular complexity index is 1010. The zero-order valence-electron chi connectivity index (χ0n) is 22.0. The second kappa shape index (κ2) is 9.82. The van der Waals surface area contributed by atoms with Gasteiger partial charge in [0.25, 0.3) is 8.32 Å². The van der Waals surface area contributed by atoms with E-state index in [2.05, 4.69) is 88.4 Å². The van der Waals surface area contributed by atoms with E-state index >= 15 is 0 Å². The van der Waals surface area contributed by atoms with Crippen molar-refractivity contribution in [3.8, 4) is 0 Å².